The molecule has 1 heterocycles. The predicted octanol–water partition coefficient (Wildman–Crippen LogP) is 3.18. The van der Waals surface area contributed by atoms with Gasteiger partial charge in [-0.15, -0.1) is 0 Å². The molecule has 98 valence electrons. The lowest BCUT2D eigenvalue weighted by molar-refractivity contribution is 0.987. The predicted molar refractivity (Wildman–Crippen MR) is 77.5 cm³/mol. The molecule has 0 saturated heterocycles. The molecule has 5 nitrogen and oxygen atoms in total. The fraction of sp³-hybridized carbons (Fsp3) is 0. The number of aromatic nitrogens is 2. The number of hydrogen-bond donors (Lipinski definition) is 2. The number of halogens is 3. The maximum absolute atomic E-state index is 11.2. The van der Waals surface area contributed by atoms with Gasteiger partial charge >= 0.3 is 0 Å². The molecule has 0 amide bonds. The van der Waals surface area contributed by atoms with Gasteiger partial charge in [0.25, 0.3) is 5.56 Å². The van der Waals surface area contributed by atoms with Gasteiger partial charge in [-0.25, -0.2) is 5.10 Å². The number of nitrogens with zero attached hydrogens (tertiary/aromatic N) is 2. The molecule has 0 aliphatic rings. The number of hydrazone groups is 1. The Balaban J connectivity index is 2.16. The molecule has 2 aromatic rings. The first-order valence-electron chi connectivity index (χ1n) is 5.05. The van der Waals surface area contributed by atoms with Gasteiger partial charge in [-0.05, 0) is 12.1 Å². The van der Waals surface area contributed by atoms with Gasteiger partial charge in [0.15, 0.2) is 0 Å². The van der Waals surface area contributed by atoms with Gasteiger partial charge in [0.2, 0.25) is 0 Å². The van der Waals surface area contributed by atoms with E-state index in [0.29, 0.717) is 21.3 Å². The summed E-state index contributed by atoms with van der Waals surface area (Å²) in [6.45, 7) is 0. The molecule has 0 bridgehead atoms. The average molecular weight is 318 g/mol. The van der Waals surface area contributed by atoms with E-state index in [1.807, 2.05) is 0 Å². The zero-order valence-corrected chi connectivity index (χ0v) is 11.6. The summed E-state index contributed by atoms with van der Waals surface area (Å²) in [5, 5.41) is 10.7. The summed E-state index contributed by atoms with van der Waals surface area (Å²) in [6.07, 6.45) is 2.83. The van der Waals surface area contributed by atoms with Crippen LogP contribution in [0.1, 0.15) is 5.56 Å². The molecule has 2 rings (SSSR count). The Kier molecular flexibility index (Phi) is 4.42. The van der Waals surface area contributed by atoms with Crippen molar-refractivity contribution in [3.63, 3.8) is 0 Å². The quantitative estimate of drug-likeness (QED) is 0.675. The molecule has 0 fully saturated rings. The monoisotopic (exact) mass is 316 g/mol. The summed E-state index contributed by atoms with van der Waals surface area (Å²) in [5.41, 5.74) is 3.08. The molecule has 1 aromatic heterocycles. The van der Waals surface area contributed by atoms with Crippen molar-refractivity contribution in [3.05, 3.63) is 55.4 Å². The highest BCUT2D eigenvalue weighted by Crippen LogP contribution is 2.19. The third kappa shape index (κ3) is 3.47. The molecule has 19 heavy (non-hydrogen) atoms. The molecule has 8 heteroatoms. The van der Waals surface area contributed by atoms with E-state index in [9.17, 15) is 4.79 Å². The topological polar surface area (TPSA) is 70.1 Å². The standard InChI is InChI=1S/C11H7Cl3N4O/c12-7-2-1-6(8(13)3-7)4-15-17-9-5-16-18-11(19)10(9)14/h1-5H,(H2,17,18,19)/b15-4+. The molecule has 0 spiro atoms. The van der Waals surface area contributed by atoms with Crippen molar-refractivity contribution in [2.75, 3.05) is 5.43 Å². The minimum absolute atomic E-state index is 0.0191. The second kappa shape index (κ2) is 6.06. The number of aromatic amines is 1. The lowest BCUT2D eigenvalue weighted by Crippen LogP contribution is -2.10. The summed E-state index contributed by atoms with van der Waals surface area (Å²) in [7, 11) is 0. The van der Waals surface area contributed by atoms with E-state index in [0.717, 1.165) is 0 Å². The maximum Gasteiger partial charge on any atom is 0.285 e. The zero-order chi connectivity index (χ0) is 13.8. The van der Waals surface area contributed by atoms with E-state index >= 15 is 0 Å². The second-order valence-electron chi connectivity index (χ2n) is 3.46. The Bertz CT molecular complexity index is 684. The number of benzene rings is 1. The van der Waals surface area contributed by atoms with Crippen LogP contribution in [0.2, 0.25) is 15.1 Å². The number of anilines is 1. The van der Waals surface area contributed by atoms with Crippen LogP contribution in [-0.2, 0) is 0 Å². The van der Waals surface area contributed by atoms with Crippen LogP contribution in [0.25, 0.3) is 0 Å². The van der Waals surface area contributed by atoms with Gasteiger partial charge in [-0.2, -0.15) is 10.2 Å². The Hall–Kier alpha value is -1.56. The highest BCUT2D eigenvalue weighted by molar-refractivity contribution is 6.36. The molecule has 0 unspecified atom stereocenters. The number of H-pyrrole nitrogens is 1. The van der Waals surface area contributed by atoms with Crippen LogP contribution in [0.5, 0.6) is 0 Å². The van der Waals surface area contributed by atoms with Gasteiger partial charge in [-0.1, -0.05) is 40.9 Å². The van der Waals surface area contributed by atoms with E-state index < -0.39 is 5.56 Å². The van der Waals surface area contributed by atoms with Gasteiger partial charge in [0, 0.05) is 10.6 Å². The fourth-order valence-corrected chi connectivity index (χ4v) is 1.83. The lowest BCUT2D eigenvalue weighted by atomic mass is 10.2. The third-order valence-electron chi connectivity index (χ3n) is 2.15. The van der Waals surface area contributed by atoms with Crippen molar-refractivity contribution in [1.82, 2.24) is 10.2 Å². The molecule has 0 saturated carbocycles. The minimum Gasteiger partial charge on any atom is -0.275 e. The van der Waals surface area contributed by atoms with Gasteiger partial charge < -0.3 is 0 Å². The van der Waals surface area contributed by atoms with Crippen molar-refractivity contribution in [1.29, 1.82) is 0 Å². The van der Waals surface area contributed by atoms with Gasteiger partial charge in [-0.3, -0.25) is 10.2 Å². The molecule has 0 radical (unpaired) electrons. The number of nitrogens with one attached hydrogen (secondary N) is 2. The summed E-state index contributed by atoms with van der Waals surface area (Å²) in [5.74, 6) is 0. The van der Waals surface area contributed by atoms with E-state index in [1.54, 1.807) is 18.2 Å². The van der Waals surface area contributed by atoms with Crippen LogP contribution in [0.15, 0.2) is 34.3 Å². The van der Waals surface area contributed by atoms with Crippen LogP contribution in [0.4, 0.5) is 5.69 Å². The summed E-state index contributed by atoms with van der Waals surface area (Å²) in [6, 6.07) is 5.01. The molecule has 1 aromatic carbocycles. The van der Waals surface area contributed by atoms with E-state index in [2.05, 4.69) is 20.7 Å². The first-order chi connectivity index (χ1) is 9.08. The molecule has 2 N–H and O–H groups in total. The number of hydrogen-bond acceptors (Lipinski definition) is 4. The Morgan fingerprint density at radius 3 is 2.84 bits per heavy atom. The molecular formula is C11H7Cl3N4O. The van der Waals surface area contributed by atoms with Crippen molar-refractivity contribution >= 4 is 46.7 Å². The third-order valence-corrected chi connectivity index (χ3v) is 3.08. The first kappa shape index (κ1) is 13.9. The van der Waals surface area contributed by atoms with Crippen molar-refractivity contribution in [2.45, 2.75) is 0 Å². The van der Waals surface area contributed by atoms with Crippen molar-refractivity contribution < 1.29 is 0 Å². The van der Waals surface area contributed by atoms with Crippen LogP contribution >= 0.6 is 34.8 Å². The SMILES string of the molecule is O=c1[nH]ncc(N/N=C/c2ccc(Cl)cc2Cl)c1Cl. The smallest absolute Gasteiger partial charge is 0.275 e. The first-order valence-corrected chi connectivity index (χ1v) is 6.18. The maximum atomic E-state index is 11.2. The normalized spacial score (nSPS) is 10.9. The van der Waals surface area contributed by atoms with E-state index in [1.165, 1.54) is 12.4 Å². The number of rotatable bonds is 3. The van der Waals surface area contributed by atoms with Gasteiger partial charge in [0.1, 0.15) is 10.7 Å². The second-order valence-corrected chi connectivity index (χ2v) is 4.68. The van der Waals surface area contributed by atoms with Crippen molar-refractivity contribution in [2.24, 2.45) is 5.10 Å². The fourth-order valence-electron chi connectivity index (χ4n) is 1.24. The minimum atomic E-state index is -0.494. The van der Waals surface area contributed by atoms with Crippen LogP contribution in [0.3, 0.4) is 0 Å². The Morgan fingerprint density at radius 2 is 2.11 bits per heavy atom. The van der Waals surface area contributed by atoms with Crippen LogP contribution in [0, 0.1) is 0 Å². The highest BCUT2D eigenvalue weighted by atomic mass is 35.5. The molecular weight excluding hydrogens is 311 g/mol. The lowest BCUT2D eigenvalue weighted by Gasteiger charge is -2.01. The van der Waals surface area contributed by atoms with E-state index in [-0.39, 0.29) is 5.02 Å². The largest absolute Gasteiger partial charge is 0.285 e. The summed E-state index contributed by atoms with van der Waals surface area (Å²) >= 11 is 17.5. The zero-order valence-electron chi connectivity index (χ0n) is 9.32. The Morgan fingerprint density at radius 1 is 1.32 bits per heavy atom. The van der Waals surface area contributed by atoms with Crippen LogP contribution in [-0.4, -0.2) is 16.4 Å². The average Bonchev–Trinajstić information content (AvgIpc) is 2.37. The Labute approximate surface area is 123 Å². The molecule has 0 atom stereocenters. The van der Waals surface area contributed by atoms with E-state index in [4.69, 9.17) is 34.8 Å². The van der Waals surface area contributed by atoms with Gasteiger partial charge in [0.05, 0.1) is 17.4 Å². The summed E-state index contributed by atoms with van der Waals surface area (Å²) < 4.78 is 0. The molecule has 0 aliphatic carbocycles. The van der Waals surface area contributed by atoms with Crippen LogP contribution < -0.4 is 11.0 Å². The highest BCUT2D eigenvalue weighted by Gasteiger charge is 2.03. The molecule has 0 aliphatic heterocycles. The van der Waals surface area contributed by atoms with Crippen molar-refractivity contribution in [3.8, 4) is 0 Å². The summed E-state index contributed by atoms with van der Waals surface area (Å²) in [4.78, 5) is 11.2.